The summed E-state index contributed by atoms with van der Waals surface area (Å²) < 4.78 is 19.3. The molecule has 0 radical (unpaired) electrons. The molecule has 40 heavy (non-hydrogen) atoms. The Morgan fingerprint density at radius 1 is 1.07 bits per heavy atom. The third-order valence-corrected chi connectivity index (χ3v) is 7.11. The van der Waals surface area contributed by atoms with E-state index in [2.05, 4.69) is 37.0 Å². The third kappa shape index (κ3) is 7.05. The largest absolute Gasteiger partial charge is 0.478 e. The van der Waals surface area contributed by atoms with E-state index in [0.717, 1.165) is 53.4 Å². The maximum Gasteiger partial charge on any atom is 0.410 e. The summed E-state index contributed by atoms with van der Waals surface area (Å²) in [6.45, 7) is 11.8. The number of unbranched alkanes of at least 4 members (excludes halogenated alkanes) is 2. The van der Waals surface area contributed by atoms with Gasteiger partial charge in [0.15, 0.2) is 0 Å². The van der Waals surface area contributed by atoms with Gasteiger partial charge in [-0.3, -0.25) is 4.68 Å². The minimum atomic E-state index is -0.686. The molecule has 0 unspecified atom stereocenters. The van der Waals surface area contributed by atoms with Crippen LogP contribution >= 0.6 is 0 Å². The van der Waals surface area contributed by atoms with E-state index in [4.69, 9.17) is 19.3 Å². The maximum absolute atomic E-state index is 12.5. The first-order valence-electron chi connectivity index (χ1n) is 14.5. The first kappa shape index (κ1) is 29.6. The average Bonchev–Trinajstić information content (AvgIpc) is 3.23. The molecule has 2 atom stereocenters. The van der Waals surface area contributed by atoms with Crippen LogP contribution in [0.1, 0.15) is 78.2 Å². The van der Waals surface area contributed by atoms with E-state index in [1.165, 1.54) is 0 Å². The number of amides is 1. The van der Waals surface area contributed by atoms with Gasteiger partial charge >= 0.3 is 6.09 Å². The average molecular weight is 553 g/mol. The number of aryl methyl sites for hydroxylation is 1. The monoisotopic (exact) mass is 552 g/mol. The summed E-state index contributed by atoms with van der Waals surface area (Å²) in [5.74, 6) is 0.991. The number of pyridine rings is 1. The Morgan fingerprint density at radius 3 is 2.48 bits per heavy atom. The predicted molar refractivity (Wildman–Crippen MR) is 156 cm³/mol. The number of hydrogen-bond donors (Lipinski definition) is 1. The van der Waals surface area contributed by atoms with Gasteiger partial charge in [-0.2, -0.15) is 10.1 Å². The normalized spacial score (nSPS) is 17.7. The standard InChI is InChI=1S/C31H44N4O5/c1-7-9-17-38-27-14-13-24(29(32-27)39-18-10-8-2)28-23-12-11-21(19-25(23)34(6)33-28)22-15-16-35(20-26(22)36)30(37)40-31(3,4)5/h11-14,19,22,26,36H,7-10,15-18,20H2,1-6H3/t22-,26+/m1/s1. The molecule has 1 N–H and O–H groups in total. The molecule has 0 bridgehead atoms. The highest BCUT2D eigenvalue weighted by Gasteiger charge is 2.33. The molecule has 9 nitrogen and oxygen atoms in total. The summed E-state index contributed by atoms with van der Waals surface area (Å²) in [6.07, 6.45) is 3.56. The van der Waals surface area contributed by atoms with Gasteiger partial charge in [0.25, 0.3) is 0 Å². The van der Waals surface area contributed by atoms with E-state index in [0.29, 0.717) is 37.9 Å². The molecular weight excluding hydrogens is 508 g/mol. The number of rotatable bonds is 10. The van der Waals surface area contributed by atoms with Crippen LogP contribution < -0.4 is 9.47 Å². The molecule has 1 amide bonds. The zero-order valence-corrected chi connectivity index (χ0v) is 24.8. The van der Waals surface area contributed by atoms with Crippen LogP contribution in [0, 0.1) is 0 Å². The van der Waals surface area contributed by atoms with Crippen molar-refractivity contribution in [1.29, 1.82) is 0 Å². The first-order valence-corrected chi connectivity index (χ1v) is 14.5. The van der Waals surface area contributed by atoms with Crippen molar-refractivity contribution in [3.8, 4) is 23.0 Å². The van der Waals surface area contributed by atoms with Crippen molar-refractivity contribution in [2.45, 2.75) is 84.3 Å². The zero-order valence-electron chi connectivity index (χ0n) is 24.8. The molecule has 2 aromatic heterocycles. The number of aromatic nitrogens is 3. The molecule has 0 aliphatic carbocycles. The van der Waals surface area contributed by atoms with E-state index in [-0.39, 0.29) is 18.6 Å². The Balaban J connectivity index is 1.58. The number of hydrogen-bond acceptors (Lipinski definition) is 7. The molecule has 3 aromatic rings. The predicted octanol–water partition coefficient (Wildman–Crippen LogP) is 6.08. The first-order chi connectivity index (χ1) is 19.1. The topological polar surface area (TPSA) is 98.9 Å². The Hall–Kier alpha value is -3.33. The van der Waals surface area contributed by atoms with Crippen LogP contribution in [0.15, 0.2) is 30.3 Å². The van der Waals surface area contributed by atoms with Crippen LogP contribution in [0.3, 0.4) is 0 Å². The highest BCUT2D eigenvalue weighted by molar-refractivity contribution is 5.95. The molecule has 1 aromatic carbocycles. The van der Waals surface area contributed by atoms with Gasteiger partial charge in [0.2, 0.25) is 11.8 Å². The van der Waals surface area contributed by atoms with E-state index in [9.17, 15) is 9.90 Å². The quantitative estimate of drug-likeness (QED) is 0.304. The lowest BCUT2D eigenvalue weighted by Crippen LogP contribution is -2.47. The third-order valence-electron chi connectivity index (χ3n) is 7.11. The molecule has 1 aliphatic heterocycles. The number of β-amino-alcohol motifs (C(OH)–C–C–N with tert-alkyl or cyclic N) is 1. The fourth-order valence-electron chi connectivity index (χ4n) is 4.95. The number of nitrogens with zero attached hydrogens (tertiary/aromatic N) is 4. The smallest absolute Gasteiger partial charge is 0.410 e. The Morgan fingerprint density at radius 2 is 1.80 bits per heavy atom. The second kappa shape index (κ2) is 12.9. The number of aliphatic hydroxyl groups excluding tert-OH is 1. The molecule has 1 aliphatic rings. The summed E-state index contributed by atoms with van der Waals surface area (Å²) in [4.78, 5) is 18.8. The van der Waals surface area contributed by atoms with Crippen molar-refractivity contribution in [3.63, 3.8) is 0 Å². The highest BCUT2D eigenvalue weighted by Crippen LogP contribution is 2.37. The zero-order chi connectivity index (χ0) is 28.9. The number of piperidine rings is 1. The molecule has 1 fully saturated rings. The summed E-state index contributed by atoms with van der Waals surface area (Å²) >= 11 is 0. The van der Waals surface area contributed by atoms with Crippen LogP contribution in [0.25, 0.3) is 22.2 Å². The van der Waals surface area contributed by atoms with Crippen molar-refractivity contribution >= 4 is 17.0 Å². The van der Waals surface area contributed by atoms with E-state index >= 15 is 0 Å². The lowest BCUT2D eigenvalue weighted by Gasteiger charge is -2.37. The molecule has 3 heterocycles. The molecule has 0 saturated carbocycles. The number of fused-ring (bicyclic) bond motifs is 1. The van der Waals surface area contributed by atoms with Crippen LogP contribution in [-0.2, 0) is 11.8 Å². The van der Waals surface area contributed by atoms with Crippen molar-refractivity contribution in [1.82, 2.24) is 19.7 Å². The Bertz CT molecular complexity index is 1300. The van der Waals surface area contributed by atoms with Gasteiger partial charge in [-0.05, 0) is 57.7 Å². The second-order valence-electron chi connectivity index (χ2n) is 11.5. The minimum absolute atomic E-state index is 0.0874. The Kier molecular flexibility index (Phi) is 9.56. The van der Waals surface area contributed by atoms with Crippen LogP contribution in [-0.4, -0.2) is 68.9 Å². The molecule has 218 valence electrons. The molecule has 9 heteroatoms. The number of ether oxygens (including phenoxy) is 3. The summed E-state index contributed by atoms with van der Waals surface area (Å²) in [7, 11) is 1.92. The Labute approximate surface area is 237 Å². The maximum atomic E-state index is 12.5. The van der Waals surface area contributed by atoms with E-state index < -0.39 is 11.7 Å². The lowest BCUT2D eigenvalue weighted by atomic mass is 9.86. The number of likely N-dealkylation sites (tertiary alicyclic amines) is 1. The van der Waals surface area contributed by atoms with E-state index in [1.54, 1.807) is 4.90 Å². The van der Waals surface area contributed by atoms with Gasteiger partial charge in [-0.25, -0.2) is 4.79 Å². The summed E-state index contributed by atoms with van der Waals surface area (Å²) in [6, 6.07) is 10.1. The van der Waals surface area contributed by atoms with Gasteiger partial charge in [0, 0.05) is 31.0 Å². The fraction of sp³-hybridized carbons (Fsp3) is 0.581. The van der Waals surface area contributed by atoms with Crippen molar-refractivity contribution in [3.05, 3.63) is 35.9 Å². The van der Waals surface area contributed by atoms with Crippen molar-refractivity contribution in [2.24, 2.45) is 7.05 Å². The molecule has 1 saturated heterocycles. The molecular formula is C31H44N4O5. The molecule has 4 rings (SSSR count). The van der Waals surface area contributed by atoms with Crippen molar-refractivity contribution in [2.75, 3.05) is 26.3 Å². The molecule has 0 spiro atoms. The summed E-state index contributed by atoms with van der Waals surface area (Å²) in [5, 5.41) is 16.8. The second-order valence-corrected chi connectivity index (χ2v) is 11.5. The van der Waals surface area contributed by atoms with Crippen LogP contribution in [0.2, 0.25) is 0 Å². The van der Waals surface area contributed by atoms with Gasteiger partial charge in [0.1, 0.15) is 11.3 Å². The SMILES string of the molecule is CCCCOc1ccc(-c2nn(C)c3cc([C@H]4CCN(C(=O)OC(C)(C)C)C[C@@H]4O)ccc23)c(OCCCC)n1. The number of carbonyl (C=O) groups excluding carboxylic acids is 1. The number of aliphatic hydroxyl groups is 1. The van der Waals surface area contributed by atoms with Gasteiger partial charge in [-0.15, -0.1) is 0 Å². The minimum Gasteiger partial charge on any atom is -0.478 e. The van der Waals surface area contributed by atoms with E-state index in [1.807, 2.05) is 44.6 Å². The fourth-order valence-corrected chi connectivity index (χ4v) is 4.95. The van der Waals surface area contributed by atoms with Gasteiger partial charge < -0.3 is 24.2 Å². The van der Waals surface area contributed by atoms with Gasteiger partial charge in [0.05, 0.1) is 36.9 Å². The summed E-state index contributed by atoms with van der Waals surface area (Å²) in [5.41, 5.74) is 3.03. The number of benzene rings is 1. The number of carbonyl (C=O) groups is 1. The van der Waals surface area contributed by atoms with Gasteiger partial charge in [-0.1, -0.05) is 38.8 Å². The lowest BCUT2D eigenvalue weighted by molar-refractivity contribution is -0.00151. The van der Waals surface area contributed by atoms with Crippen LogP contribution in [0.5, 0.6) is 11.8 Å². The highest BCUT2D eigenvalue weighted by atomic mass is 16.6. The van der Waals surface area contributed by atoms with Crippen molar-refractivity contribution < 1.29 is 24.1 Å². The van der Waals surface area contributed by atoms with Crippen LogP contribution in [0.4, 0.5) is 4.79 Å².